The molecule has 5 atom stereocenters. The molecule has 4 unspecified atom stereocenters. The Kier molecular flexibility index (Phi) is 5.99. The minimum atomic E-state index is -1.03. The molecule has 3 N–H and O–H groups in total. The molecule has 4 aliphatic carbocycles. The van der Waals surface area contributed by atoms with Gasteiger partial charge in [-0.1, -0.05) is 0 Å². The Hall–Kier alpha value is -2.35. The fourth-order valence-corrected chi connectivity index (χ4v) is 7.33. The largest absolute Gasteiger partial charge is 0.462 e. The minimum Gasteiger partial charge on any atom is -0.462 e. The average molecular weight is 470 g/mol. The molecule has 0 aromatic carbocycles. The van der Waals surface area contributed by atoms with E-state index in [1.54, 1.807) is 0 Å². The van der Waals surface area contributed by atoms with Crippen molar-refractivity contribution in [3.8, 4) is 5.88 Å². The summed E-state index contributed by atoms with van der Waals surface area (Å²) in [7, 11) is 2.14. The summed E-state index contributed by atoms with van der Waals surface area (Å²) in [4.78, 5) is 34.2. The number of ether oxygens (including phenoxy) is 1. The lowest BCUT2D eigenvalue weighted by Gasteiger charge is -2.60. The first-order valence-corrected chi connectivity index (χ1v) is 12.8. The van der Waals surface area contributed by atoms with Crippen molar-refractivity contribution in [3.05, 3.63) is 18.3 Å². The summed E-state index contributed by atoms with van der Waals surface area (Å²) in [5, 5.41) is 3.34. The summed E-state index contributed by atoms with van der Waals surface area (Å²) in [5.74, 6) is 1.68. The van der Waals surface area contributed by atoms with Crippen LogP contribution in [-0.4, -0.2) is 66.6 Å². The number of anilines is 1. The van der Waals surface area contributed by atoms with E-state index >= 15 is 0 Å². The van der Waals surface area contributed by atoms with Crippen molar-refractivity contribution in [2.24, 2.45) is 28.9 Å². The molecule has 8 heteroatoms. The molecule has 0 radical (unpaired) electrons. The highest BCUT2D eigenvalue weighted by molar-refractivity contribution is 5.85. The zero-order valence-electron chi connectivity index (χ0n) is 20.8. The highest BCUT2D eigenvalue weighted by Gasteiger charge is 2.56. The Labute approximate surface area is 202 Å². The summed E-state index contributed by atoms with van der Waals surface area (Å²) < 4.78 is 6.08. The fourth-order valence-electron chi connectivity index (χ4n) is 7.33. The molecular weight excluding hydrogens is 430 g/mol. The van der Waals surface area contributed by atoms with Gasteiger partial charge in [0.1, 0.15) is 0 Å². The predicted molar refractivity (Wildman–Crippen MR) is 130 cm³/mol. The molecule has 4 saturated carbocycles. The molecule has 6 rings (SSSR count). The van der Waals surface area contributed by atoms with Gasteiger partial charge in [-0.25, -0.2) is 4.98 Å². The second kappa shape index (κ2) is 8.70. The lowest BCUT2D eigenvalue weighted by molar-refractivity contribution is -0.143. The van der Waals surface area contributed by atoms with E-state index in [4.69, 9.17) is 10.5 Å². The molecular formula is C26H39N5O3. The third kappa shape index (κ3) is 4.61. The van der Waals surface area contributed by atoms with Gasteiger partial charge in [0.2, 0.25) is 11.8 Å². The number of nitrogens with one attached hydrogen (secondary N) is 1. The summed E-state index contributed by atoms with van der Waals surface area (Å²) in [5.41, 5.74) is 5.70. The van der Waals surface area contributed by atoms with Gasteiger partial charge in [-0.3, -0.25) is 9.59 Å². The topological polar surface area (TPSA) is 101 Å². The van der Waals surface area contributed by atoms with Crippen molar-refractivity contribution in [2.45, 2.75) is 64.0 Å². The van der Waals surface area contributed by atoms with Gasteiger partial charge in [-0.15, -0.1) is 0 Å². The molecule has 1 aliphatic heterocycles. The minimum absolute atomic E-state index is 0.0605. The SMILES string of the molecule is CN1CCN(c2ccc(OC(C)(C)C(=O)NC3C4CC5C[C@H]3CC(CC(N)=O)(C5)C4)nc2)CC1. The third-order valence-corrected chi connectivity index (χ3v) is 8.74. The molecule has 8 nitrogen and oxygen atoms in total. The highest BCUT2D eigenvalue weighted by Crippen LogP contribution is 2.61. The zero-order valence-corrected chi connectivity index (χ0v) is 20.8. The molecule has 5 aliphatic rings. The van der Waals surface area contributed by atoms with E-state index in [1.807, 2.05) is 32.2 Å². The van der Waals surface area contributed by atoms with Crippen LogP contribution in [0, 0.1) is 23.2 Å². The molecule has 34 heavy (non-hydrogen) atoms. The van der Waals surface area contributed by atoms with Crippen LogP contribution in [0.1, 0.15) is 52.4 Å². The van der Waals surface area contributed by atoms with Crippen molar-refractivity contribution in [1.82, 2.24) is 15.2 Å². The molecule has 2 heterocycles. The van der Waals surface area contributed by atoms with E-state index in [1.165, 1.54) is 0 Å². The predicted octanol–water partition coefficient (Wildman–Crippen LogP) is 2.18. The van der Waals surface area contributed by atoms with E-state index in [0.29, 0.717) is 30.1 Å². The Morgan fingerprint density at radius 3 is 2.41 bits per heavy atom. The zero-order chi connectivity index (χ0) is 24.1. The monoisotopic (exact) mass is 469 g/mol. The smallest absolute Gasteiger partial charge is 0.263 e. The molecule has 186 valence electrons. The van der Waals surface area contributed by atoms with Crippen LogP contribution in [0.3, 0.4) is 0 Å². The van der Waals surface area contributed by atoms with Gasteiger partial charge in [-0.05, 0) is 82.2 Å². The maximum absolute atomic E-state index is 13.3. The van der Waals surface area contributed by atoms with Crippen LogP contribution in [0.5, 0.6) is 5.88 Å². The molecule has 1 saturated heterocycles. The number of hydrogen-bond acceptors (Lipinski definition) is 6. The van der Waals surface area contributed by atoms with Gasteiger partial charge in [0.05, 0.1) is 11.9 Å². The molecule has 1 aromatic heterocycles. The number of pyridine rings is 1. The van der Waals surface area contributed by atoms with Gasteiger partial charge in [0.25, 0.3) is 5.91 Å². The third-order valence-electron chi connectivity index (χ3n) is 8.74. The summed E-state index contributed by atoms with van der Waals surface area (Å²) in [6, 6.07) is 4.04. The Morgan fingerprint density at radius 1 is 1.15 bits per heavy atom. The van der Waals surface area contributed by atoms with Gasteiger partial charge in [0.15, 0.2) is 5.60 Å². The van der Waals surface area contributed by atoms with Crippen LogP contribution >= 0.6 is 0 Å². The molecule has 4 bridgehead atoms. The Bertz CT molecular complexity index is 909. The van der Waals surface area contributed by atoms with E-state index in [9.17, 15) is 9.59 Å². The van der Waals surface area contributed by atoms with Crippen LogP contribution in [0.4, 0.5) is 5.69 Å². The normalized spacial score (nSPS) is 33.1. The lowest BCUT2D eigenvalue weighted by Crippen LogP contribution is -2.62. The van der Waals surface area contributed by atoms with Crippen molar-refractivity contribution in [3.63, 3.8) is 0 Å². The molecule has 1 aromatic rings. The van der Waals surface area contributed by atoms with Crippen molar-refractivity contribution < 1.29 is 14.3 Å². The van der Waals surface area contributed by atoms with Crippen molar-refractivity contribution >= 4 is 17.5 Å². The number of aromatic nitrogens is 1. The number of piperazine rings is 1. The Morgan fingerprint density at radius 2 is 1.82 bits per heavy atom. The van der Waals surface area contributed by atoms with Gasteiger partial charge >= 0.3 is 0 Å². The summed E-state index contributed by atoms with van der Waals surface area (Å²) >= 11 is 0. The number of rotatable bonds is 7. The molecule has 2 amide bonds. The number of amides is 2. The van der Waals surface area contributed by atoms with Gasteiger partial charge < -0.3 is 25.6 Å². The van der Waals surface area contributed by atoms with Gasteiger partial charge in [-0.2, -0.15) is 0 Å². The van der Waals surface area contributed by atoms with Crippen LogP contribution in [0.25, 0.3) is 0 Å². The van der Waals surface area contributed by atoms with Crippen molar-refractivity contribution in [2.75, 3.05) is 38.1 Å². The second-order valence-corrected chi connectivity index (χ2v) is 11.9. The maximum atomic E-state index is 13.3. The van der Waals surface area contributed by atoms with E-state index in [0.717, 1.165) is 64.0 Å². The fraction of sp³-hybridized carbons (Fsp3) is 0.731. The van der Waals surface area contributed by atoms with Crippen LogP contribution in [0.15, 0.2) is 18.3 Å². The number of likely N-dealkylation sites (N-methyl/N-ethyl adjacent to an activating group) is 1. The number of nitrogens with zero attached hydrogens (tertiary/aromatic N) is 3. The average Bonchev–Trinajstić information content (AvgIpc) is 2.75. The van der Waals surface area contributed by atoms with E-state index in [-0.39, 0.29) is 23.3 Å². The number of nitrogens with two attached hydrogens (primary N) is 1. The van der Waals surface area contributed by atoms with Crippen LogP contribution in [0.2, 0.25) is 0 Å². The quantitative estimate of drug-likeness (QED) is 0.635. The first-order valence-electron chi connectivity index (χ1n) is 12.8. The lowest BCUT2D eigenvalue weighted by atomic mass is 9.47. The standard InChI is InChI=1S/C26H39N5O3/c1-25(2,34-22-5-4-20(16-28-22)31-8-6-30(3)7-9-31)24(33)29-23-18-10-17-11-19(23)14-26(12-17,13-18)15-21(27)32/h4-5,16-19,23H,6-15H2,1-3H3,(H2,27,32)(H,29,33)/t17?,18-,19?,23?,26?/m0/s1. The Balaban J connectivity index is 1.20. The maximum Gasteiger partial charge on any atom is 0.263 e. The number of primary amides is 1. The first kappa shape index (κ1) is 23.4. The summed E-state index contributed by atoms with van der Waals surface area (Å²) in [6.07, 6.45) is 7.70. The van der Waals surface area contributed by atoms with Crippen LogP contribution < -0.4 is 20.7 Å². The van der Waals surface area contributed by atoms with Gasteiger partial charge in [0, 0.05) is 44.7 Å². The second-order valence-electron chi connectivity index (χ2n) is 11.9. The number of carbonyl (C=O) groups excluding carboxylic acids is 2. The number of carbonyl (C=O) groups is 2. The van der Waals surface area contributed by atoms with Crippen LogP contribution in [-0.2, 0) is 9.59 Å². The van der Waals surface area contributed by atoms with E-state index in [2.05, 4.69) is 27.1 Å². The number of hydrogen-bond donors (Lipinski definition) is 2. The summed E-state index contributed by atoms with van der Waals surface area (Å²) in [6.45, 7) is 7.67. The first-order chi connectivity index (χ1) is 16.1. The van der Waals surface area contributed by atoms with E-state index < -0.39 is 5.60 Å². The highest BCUT2D eigenvalue weighted by atomic mass is 16.5. The molecule has 5 fully saturated rings. The molecule has 0 spiro atoms. The van der Waals surface area contributed by atoms with Crippen molar-refractivity contribution in [1.29, 1.82) is 0 Å².